The van der Waals surface area contributed by atoms with Gasteiger partial charge in [-0.3, -0.25) is 4.79 Å². The fraction of sp³-hybridized carbons (Fsp3) is 0.471. The lowest BCUT2D eigenvalue weighted by atomic mass is 10.0. The Morgan fingerprint density at radius 1 is 1.15 bits per heavy atom. The van der Waals surface area contributed by atoms with Crippen molar-refractivity contribution >= 4 is 32.6 Å². The third-order valence-corrected chi connectivity index (χ3v) is 4.19. The van der Waals surface area contributed by atoms with Gasteiger partial charge in [-0.2, -0.15) is 0 Å². The van der Waals surface area contributed by atoms with Crippen molar-refractivity contribution < 1.29 is 4.79 Å². The maximum absolute atomic E-state index is 12.3. The highest BCUT2D eigenvalue weighted by atomic mass is 79.9. The van der Waals surface area contributed by atoms with Crippen molar-refractivity contribution in [2.75, 3.05) is 0 Å². The second-order valence-corrected chi connectivity index (χ2v) is 6.25. The first-order chi connectivity index (χ1) is 9.72. The number of ketones is 1. The number of aromatic amines is 1. The van der Waals surface area contributed by atoms with Gasteiger partial charge in [0, 0.05) is 33.6 Å². The van der Waals surface area contributed by atoms with Crippen LogP contribution in [0.25, 0.3) is 10.9 Å². The van der Waals surface area contributed by atoms with Gasteiger partial charge in [-0.05, 0) is 18.6 Å². The van der Waals surface area contributed by atoms with Crippen LogP contribution in [0.2, 0.25) is 0 Å². The van der Waals surface area contributed by atoms with Crippen molar-refractivity contribution in [1.82, 2.24) is 4.98 Å². The molecule has 0 atom stereocenters. The van der Waals surface area contributed by atoms with Gasteiger partial charge < -0.3 is 4.98 Å². The van der Waals surface area contributed by atoms with Crippen LogP contribution in [0.3, 0.4) is 0 Å². The molecule has 0 bridgehead atoms. The number of hydrogen-bond acceptors (Lipinski definition) is 1. The monoisotopic (exact) mass is 335 g/mol. The van der Waals surface area contributed by atoms with E-state index in [2.05, 4.69) is 27.8 Å². The summed E-state index contributed by atoms with van der Waals surface area (Å²) < 4.78 is 1.03. The molecular formula is C17H22BrNO. The molecule has 1 heterocycles. The van der Waals surface area contributed by atoms with Gasteiger partial charge in [-0.15, -0.1) is 0 Å². The number of carbonyl (C=O) groups excluding carboxylic acids is 1. The molecule has 0 fully saturated rings. The van der Waals surface area contributed by atoms with Crippen molar-refractivity contribution in [1.29, 1.82) is 0 Å². The van der Waals surface area contributed by atoms with Crippen LogP contribution in [-0.4, -0.2) is 10.8 Å². The van der Waals surface area contributed by atoms with Gasteiger partial charge in [-0.25, -0.2) is 0 Å². The van der Waals surface area contributed by atoms with Crippen molar-refractivity contribution in [3.63, 3.8) is 0 Å². The summed E-state index contributed by atoms with van der Waals surface area (Å²) in [5.74, 6) is 0.258. The van der Waals surface area contributed by atoms with Crippen molar-refractivity contribution in [2.24, 2.45) is 0 Å². The maximum Gasteiger partial charge on any atom is 0.165 e. The molecule has 2 aromatic rings. The number of unbranched alkanes of at least 4 members (excludes halogenated alkanes) is 5. The van der Waals surface area contributed by atoms with Gasteiger partial charge in [0.2, 0.25) is 0 Å². The SMILES string of the molecule is CCCCCCCCC(=O)c1c[nH]c2cc(Br)ccc12. The number of rotatable bonds is 8. The molecule has 0 unspecified atom stereocenters. The number of H-pyrrole nitrogens is 1. The second kappa shape index (κ2) is 7.63. The molecule has 2 nitrogen and oxygen atoms in total. The predicted molar refractivity (Wildman–Crippen MR) is 88.3 cm³/mol. The highest BCUT2D eigenvalue weighted by Gasteiger charge is 2.11. The normalized spacial score (nSPS) is 11.1. The Balaban J connectivity index is 1.88. The lowest BCUT2D eigenvalue weighted by Crippen LogP contribution is -1.97. The molecule has 20 heavy (non-hydrogen) atoms. The first-order valence-electron chi connectivity index (χ1n) is 7.52. The number of benzene rings is 1. The molecular weight excluding hydrogens is 314 g/mol. The van der Waals surface area contributed by atoms with Gasteiger partial charge in [0.1, 0.15) is 0 Å². The third-order valence-electron chi connectivity index (χ3n) is 3.70. The standard InChI is InChI=1S/C17H22BrNO/c1-2-3-4-5-6-7-8-17(20)15-12-19-16-11-13(18)9-10-14(15)16/h9-12,19H,2-8H2,1H3. The number of Topliss-reactive ketones (excluding diaryl/α,β-unsaturated/α-hetero) is 1. The van der Waals surface area contributed by atoms with Crippen molar-refractivity contribution in [2.45, 2.75) is 51.9 Å². The fourth-order valence-corrected chi connectivity index (χ4v) is 2.89. The molecule has 1 aromatic heterocycles. The largest absolute Gasteiger partial charge is 0.360 e. The number of hydrogen-bond donors (Lipinski definition) is 1. The minimum Gasteiger partial charge on any atom is -0.360 e. The van der Waals surface area contributed by atoms with E-state index in [1.54, 1.807) is 0 Å². The van der Waals surface area contributed by atoms with E-state index in [0.717, 1.165) is 27.4 Å². The molecule has 0 saturated heterocycles. The Bertz CT molecular complexity index is 573. The molecule has 2 rings (SSSR count). The molecule has 0 aliphatic carbocycles. The second-order valence-electron chi connectivity index (χ2n) is 5.33. The number of fused-ring (bicyclic) bond motifs is 1. The Kier molecular flexibility index (Phi) is 5.84. The molecule has 1 N–H and O–H groups in total. The van der Waals surface area contributed by atoms with Crippen LogP contribution < -0.4 is 0 Å². The molecule has 1 aromatic carbocycles. The van der Waals surface area contributed by atoms with E-state index < -0.39 is 0 Å². The van der Waals surface area contributed by atoms with Crippen LogP contribution in [-0.2, 0) is 0 Å². The summed E-state index contributed by atoms with van der Waals surface area (Å²) in [5.41, 5.74) is 1.85. The fourth-order valence-electron chi connectivity index (χ4n) is 2.53. The Labute approximate surface area is 129 Å². The topological polar surface area (TPSA) is 32.9 Å². The molecule has 0 aliphatic heterocycles. The molecule has 0 aliphatic rings. The van der Waals surface area contributed by atoms with Crippen molar-refractivity contribution in [3.05, 3.63) is 34.4 Å². The quantitative estimate of drug-likeness (QED) is 0.475. The van der Waals surface area contributed by atoms with Gasteiger partial charge in [-0.1, -0.05) is 61.0 Å². The van der Waals surface area contributed by atoms with Crippen LogP contribution in [0, 0.1) is 0 Å². The molecule has 108 valence electrons. The predicted octanol–water partition coefficient (Wildman–Crippen LogP) is 5.86. The smallest absolute Gasteiger partial charge is 0.165 e. The molecule has 3 heteroatoms. The summed E-state index contributed by atoms with van der Waals surface area (Å²) in [7, 11) is 0. The summed E-state index contributed by atoms with van der Waals surface area (Å²) >= 11 is 3.45. The first kappa shape index (κ1) is 15.3. The molecule has 0 amide bonds. The number of halogens is 1. The van der Waals surface area contributed by atoms with E-state index in [1.807, 2.05) is 24.4 Å². The lowest BCUT2D eigenvalue weighted by molar-refractivity contribution is 0.0980. The van der Waals surface area contributed by atoms with E-state index >= 15 is 0 Å². The Morgan fingerprint density at radius 3 is 2.70 bits per heavy atom. The minimum atomic E-state index is 0.258. The third kappa shape index (κ3) is 3.95. The number of nitrogens with one attached hydrogen (secondary N) is 1. The number of aromatic nitrogens is 1. The molecule has 0 spiro atoms. The Morgan fingerprint density at radius 2 is 1.90 bits per heavy atom. The summed E-state index contributed by atoms with van der Waals surface area (Å²) in [6, 6.07) is 6.00. The zero-order chi connectivity index (χ0) is 14.4. The lowest BCUT2D eigenvalue weighted by Gasteiger charge is -2.01. The maximum atomic E-state index is 12.3. The highest BCUT2D eigenvalue weighted by molar-refractivity contribution is 9.10. The summed E-state index contributed by atoms with van der Waals surface area (Å²) in [6.07, 6.45) is 9.81. The number of carbonyl (C=O) groups is 1. The van der Waals surface area contributed by atoms with Crippen LogP contribution >= 0.6 is 15.9 Å². The first-order valence-corrected chi connectivity index (χ1v) is 8.31. The van der Waals surface area contributed by atoms with Crippen LogP contribution in [0.5, 0.6) is 0 Å². The molecule has 0 saturated carbocycles. The summed E-state index contributed by atoms with van der Waals surface area (Å²) in [5, 5.41) is 1.03. The van der Waals surface area contributed by atoms with Gasteiger partial charge >= 0.3 is 0 Å². The highest BCUT2D eigenvalue weighted by Crippen LogP contribution is 2.23. The molecule has 0 radical (unpaired) electrons. The van der Waals surface area contributed by atoms with Gasteiger partial charge in [0.15, 0.2) is 5.78 Å². The average molecular weight is 336 g/mol. The van der Waals surface area contributed by atoms with Gasteiger partial charge in [0.05, 0.1) is 0 Å². The van der Waals surface area contributed by atoms with E-state index in [-0.39, 0.29) is 5.78 Å². The minimum absolute atomic E-state index is 0.258. The zero-order valence-electron chi connectivity index (χ0n) is 12.0. The van der Waals surface area contributed by atoms with Crippen molar-refractivity contribution in [3.8, 4) is 0 Å². The summed E-state index contributed by atoms with van der Waals surface area (Å²) in [4.78, 5) is 15.4. The van der Waals surface area contributed by atoms with Gasteiger partial charge in [0.25, 0.3) is 0 Å². The van der Waals surface area contributed by atoms with E-state index in [0.29, 0.717) is 6.42 Å². The van der Waals surface area contributed by atoms with E-state index in [1.165, 1.54) is 32.1 Å². The van der Waals surface area contributed by atoms with E-state index in [4.69, 9.17) is 0 Å². The summed E-state index contributed by atoms with van der Waals surface area (Å²) in [6.45, 7) is 2.22. The van der Waals surface area contributed by atoms with Crippen LogP contribution in [0.1, 0.15) is 62.2 Å². The van der Waals surface area contributed by atoms with Crippen LogP contribution in [0.4, 0.5) is 0 Å². The average Bonchev–Trinajstić information content (AvgIpc) is 2.85. The Hall–Kier alpha value is -1.09. The van der Waals surface area contributed by atoms with E-state index in [9.17, 15) is 4.79 Å². The van der Waals surface area contributed by atoms with Crippen LogP contribution in [0.15, 0.2) is 28.9 Å². The zero-order valence-corrected chi connectivity index (χ0v) is 13.6.